The van der Waals surface area contributed by atoms with E-state index in [0.29, 0.717) is 13.2 Å². The SMILES string of the molecule is CCNC(=NCc1ccccc1OCCN1CCOCC1)NCCCOCC.I. The molecule has 0 spiro atoms. The van der Waals surface area contributed by atoms with Crippen molar-refractivity contribution in [3.05, 3.63) is 29.8 Å². The quantitative estimate of drug-likeness (QED) is 0.191. The molecule has 0 radical (unpaired) electrons. The van der Waals surface area contributed by atoms with Crippen molar-refractivity contribution in [2.45, 2.75) is 26.8 Å². The Labute approximate surface area is 192 Å². The minimum atomic E-state index is 0. The van der Waals surface area contributed by atoms with E-state index in [0.717, 1.165) is 82.8 Å². The van der Waals surface area contributed by atoms with Gasteiger partial charge in [0.2, 0.25) is 0 Å². The first kappa shape index (κ1) is 25.9. The van der Waals surface area contributed by atoms with E-state index in [1.165, 1.54) is 0 Å². The lowest BCUT2D eigenvalue weighted by Crippen LogP contribution is -2.38. The number of para-hydroxylation sites is 1. The van der Waals surface area contributed by atoms with Crippen LogP contribution in [-0.2, 0) is 16.0 Å². The third-order valence-electron chi connectivity index (χ3n) is 4.46. The van der Waals surface area contributed by atoms with Crippen LogP contribution in [-0.4, -0.2) is 76.6 Å². The average Bonchev–Trinajstić information content (AvgIpc) is 2.73. The summed E-state index contributed by atoms with van der Waals surface area (Å²) in [6, 6.07) is 8.13. The Morgan fingerprint density at radius 2 is 1.93 bits per heavy atom. The van der Waals surface area contributed by atoms with Crippen molar-refractivity contribution in [1.29, 1.82) is 0 Å². The number of guanidine groups is 1. The Morgan fingerprint density at radius 3 is 2.69 bits per heavy atom. The predicted molar refractivity (Wildman–Crippen MR) is 129 cm³/mol. The Hall–Kier alpha value is -1.10. The average molecular weight is 520 g/mol. The maximum Gasteiger partial charge on any atom is 0.191 e. The van der Waals surface area contributed by atoms with E-state index in [2.05, 4.69) is 28.5 Å². The number of hydrogen-bond acceptors (Lipinski definition) is 5. The van der Waals surface area contributed by atoms with E-state index in [-0.39, 0.29) is 24.0 Å². The topological polar surface area (TPSA) is 67.4 Å². The summed E-state index contributed by atoms with van der Waals surface area (Å²) in [5.41, 5.74) is 1.09. The van der Waals surface area contributed by atoms with Gasteiger partial charge in [-0.15, -0.1) is 24.0 Å². The second kappa shape index (κ2) is 16.7. The van der Waals surface area contributed by atoms with Gasteiger partial charge in [0, 0.05) is 51.5 Å². The van der Waals surface area contributed by atoms with Gasteiger partial charge in [-0.3, -0.25) is 4.90 Å². The zero-order valence-corrected chi connectivity index (χ0v) is 20.2. The molecule has 7 nitrogen and oxygen atoms in total. The molecule has 2 rings (SSSR count). The highest BCUT2D eigenvalue weighted by atomic mass is 127. The maximum atomic E-state index is 6.05. The molecule has 8 heteroatoms. The van der Waals surface area contributed by atoms with Crippen molar-refractivity contribution in [2.24, 2.45) is 4.99 Å². The maximum absolute atomic E-state index is 6.05. The number of nitrogens with one attached hydrogen (secondary N) is 2. The largest absolute Gasteiger partial charge is 0.492 e. The van der Waals surface area contributed by atoms with E-state index in [1.54, 1.807) is 0 Å². The highest BCUT2D eigenvalue weighted by molar-refractivity contribution is 14.0. The molecule has 0 unspecified atom stereocenters. The van der Waals surface area contributed by atoms with Gasteiger partial charge in [-0.25, -0.2) is 4.99 Å². The second-order valence-corrected chi connectivity index (χ2v) is 6.58. The van der Waals surface area contributed by atoms with Gasteiger partial charge in [0.05, 0.1) is 19.8 Å². The van der Waals surface area contributed by atoms with E-state index in [4.69, 9.17) is 19.2 Å². The van der Waals surface area contributed by atoms with E-state index in [1.807, 2.05) is 25.1 Å². The third-order valence-corrected chi connectivity index (χ3v) is 4.46. The summed E-state index contributed by atoms with van der Waals surface area (Å²) in [5.74, 6) is 1.73. The molecule has 1 aliphatic rings. The van der Waals surface area contributed by atoms with Crippen LogP contribution in [0.25, 0.3) is 0 Å². The molecule has 0 bridgehead atoms. The number of benzene rings is 1. The summed E-state index contributed by atoms with van der Waals surface area (Å²) in [7, 11) is 0. The standard InChI is InChI=1S/C21H36N4O3.HI/c1-3-22-21(23-10-7-14-26-4-2)24-18-19-8-5-6-9-20(19)28-17-13-25-11-15-27-16-12-25;/h5-6,8-9H,3-4,7,10-18H2,1-2H3,(H2,22,23,24);1H. The van der Waals surface area contributed by atoms with Crippen LogP contribution < -0.4 is 15.4 Å². The Kier molecular flexibility index (Phi) is 14.9. The molecule has 166 valence electrons. The van der Waals surface area contributed by atoms with Crippen LogP contribution in [0.3, 0.4) is 0 Å². The lowest BCUT2D eigenvalue weighted by Gasteiger charge is -2.26. The molecule has 1 aliphatic heterocycles. The molecule has 0 aromatic heterocycles. The van der Waals surface area contributed by atoms with Crippen molar-refractivity contribution in [3.63, 3.8) is 0 Å². The minimum Gasteiger partial charge on any atom is -0.492 e. The zero-order valence-electron chi connectivity index (χ0n) is 17.8. The molecule has 0 atom stereocenters. The molecular weight excluding hydrogens is 483 g/mol. The lowest BCUT2D eigenvalue weighted by molar-refractivity contribution is 0.0322. The Balaban J connectivity index is 0.00000420. The third kappa shape index (κ3) is 11.0. The monoisotopic (exact) mass is 520 g/mol. The molecule has 1 heterocycles. The normalized spacial score (nSPS) is 14.9. The number of rotatable bonds is 12. The van der Waals surface area contributed by atoms with E-state index >= 15 is 0 Å². The summed E-state index contributed by atoms with van der Waals surface area (Å²) in [4.78, 5) is 7.08. The van der Waals surface area contributed by atoms with Crippen LogP contribution in [0.1, 0.15) is 25.8 Å². The van der Waals surface area contributed by atoms with Crippen LogP contribution in [0.4, 0.5) is 0 Å². The number of morpholine rings is 1. The molecule has 1 aromatic rings. The van der Waals surface area contributed by atoms with Crippen molar-refractivity contribution >= 4 is 29.9 Å². The van der Waals surface area contributed by atoms with Gasteiger partial charge >= 0.3 is 0 Å². The van der Waals surface area contributed by atoms with Gasteiger partial charge in [-0.05, 0) is 26.3 Å². The summed E-state index contributed by atoms with van der Waals surface area (Å²) in [6.07, 6.45) is 0.958. The van der Waals surface area contributed by atoms with Crippen LogP contribution in [0.15, 0.2) is 29.3 Å². The van der Waals surface area contributed by atoms with Crippen molar-refractivity contribution in [1.82, 2.24) is 15.5 Å². The Bertz CT molecular complexity index is 569. The summed E-state index contributed by atoms with van der Waals surface area (Å²) < 4.78 is 16.8. The number of aliphatic imine (C=N–C) groups is 1. The first-order valence-electron chi connectivity index (χ1n) is 10.4. The molecule has 1 fully saturated rings. The summed E-state index contributed by atoms with van der Waals surface area (Å²) in [6.45, 7) is 13.0. The van der Waals surface area contributed by atoms with Gasteiger partial charge in [0.15, 0.2) is 5.96 Å². The fourth-order valence-electron chi connectivity index (χ4n) is 2.92. The van der Waals surface area contributed by atoms with Gasteiger partial charge in [-0.2, -0.15) is 0 Å². The highest BCUT2D eigenvalue weighted by Gasteiger charge is 2.10. The lowest BCUT2D eigenvalue weighted by atomic mass is 10.2. The summed E-state index contributed by atoms with van der Waals surface area (Å²) in [5, 5.41) is 6.64. The van der Waals surface area contributed by atoms with Crippen LogP contribution in [0.2, 0.25) is 0 Å². The van der Waals surface area contributed by atoms with Crippen molar-refractivity contribution in [2.75, 3.05) is 65.8 Å². The van der Waals surface area contributed by atoms with Crippen LogP contribution in [0, 0.1) is 0 Å². The molecule has 1 aromatic carbocycles. The van der Waals surface area contributed by atoms with Gasteiger partial charge in [0.25, 0.3) is 0 Å². The first-order valence-corrected chi connectivity index (χ1v) is 10.4. The van der Waals surface area contributed by atoms with Crippen molar-refractivity contribution < 1.29 is 14.2 Å². The molecule has 1 saturated heterocycles. The molecule has 0 aliphatic carbocycles. The van der Waals surface area contributed by atoms with Crippen LogP contribution >= 0.6 is 24.0 Å². The van der Waals surface area contributed by atoms with Crippen LogP contribution in [0.5, 0.6) is 5.75 Å². The molecule has 29 heavy (non-hydrogen) atoms. The predicted octanol–water partition coefficient (Wildman–Crippen LogP) is 2.50. The number of ether oxygens (including phenoxy) is 3. The Morgan fingerprint density at radius 1 is 1.14 bits per heavy atom. The van der Waals surface area contributed by atoms with E-state index < -0.39 is 0 Å². The minimum absolute atomic E-state index is 0. The van der Waals surface area contributed by atoms with Gasteiger partial charge < -0.3 is 24.8 Å². The van der Waals surface area contributed by atoms with E-state index in [9.17, 15) is 0 Å². The first-order chi connectivity index (χ1) is 13.8. The molecule has 2 N–H and O–H groups in total. The zero-order chi connectivity index (χ0) is 19.9. The molecule has 0 saturated carbocycles. The molecular formula is C21H37IN4O3. The summed E-state index contributed by atoms with van der Waals surface area (Å²) >= 11 is 0. The van der Waals surface area contributed by atoms with Crippen molar-refractivity contribution in [3.8, 4) is 5.75 Å². The fraction of sp³-hybridized carbons (Fsp3) is 0.667. The highest BCUT2D eigenvalue weighted by Crippen LogP contribution is 2.19. The fourth-order valence-corrected chi connectivity index (χ4v) is 2.92. The number of nitrogens with zero attached hydrogens (tertiary/aromatic N) is 2. The second-order valence-electron chi connectivity index (χ2n) is 6.58. The number of hydrogen-bond donors (Lipinski definition) is 2. The van der Waals surface area contributed by atoms with Gasteiger partial charge in [0.1, 0.15) is 12.4 Å². The number of halogens is 1. The smallest absolute Gasteiger partial charge is 0.191 e. The molecule has 0 amide bonds. The van der Waals surface area contributed by atoms with Gasteiger partial charge in [-0.1, -0.05) is 18.2 Å².